The SMILES string of the molecule is CNCCC1CCN(CC(=O)N(C)C(C)c2ccccc2)CC1.Cl. The fourth-order valence-electron chi connectivity index (χ4n) is 3.26. The van der Waals surface area contributed by atoms with Gasteiger partial charge in [0.05, 0.1) is 12.6 Å². The van der Waals surface area contributed by atoms with Crippen molar-refractivity contribution in [1.82, 2.24) is 15.1 Å². The van der Waals surface area contributed by atoms with Crippen LogP contribution >= 0.6 is 12.4 Å². The number of carbonyl (C=O) groups excluding carboxylic acids is 1. The number of likely N-dealkylation sites (N-methyl/N-ethyl adjacent to an activating group) is 1. The summed E-state index contributed by atoms with van der Waals surface area (Å²) in [4.78, 5) is 16.7. The highest BCUT2D eigenvalue weighted by atomic mass is 35.5. The van der Waals surface area contributed by atoms with Crippen LogP contribution < -0.4 is 5.32 Å². The fourth-order valence-corrected chi connectivity index (χ4v) is 3.26. The second kappa shape index (κ2) is 10.7. The van der Waals surface area contributed by atoms with E-state index in [4.69, 9.17) is 0 Å². The van der Waals surface area contributed by atoms with Crippen molar-refractivity contribution < 1.29 is 4.79 Å². The van der Waals surface area contributed by atoms with Crippen LogP contribution in [0, 0.1) is 5.92 Å². The lowest BCUT2D eigenvalue weighted by atomic mass is 9.93. The second-order valence-electron chi connectivity index (χ2n) is 6.70. The van der Waals surface area contributed by atoms with Gasteiger partial charge in [-0.05, 0) is 64.3 Å². The number of carbonyl (C=O) groups is 1. The van der Waals surface area contributed by atoms with Crippen LogP contribution in [0.4, 0.5) is 0 Å². The molecule has 1 aromatic carbocycles. The van der Waals surface area contributed by atoms with Crippen LogP contribution in [0.5, 0.6) is 0 Å². The molecule has 1 aromatic rings. The van der Waals surface area contributed by atoms with Crippen LogP contribution in [0.25, 0.3) is 0 Å². The summed E-state index contributed by atoms with van der Waals surface area (Å²) < 4.78 is 0. The molecule has 0 spiro atoms. The molecule has 1 amide bonds. The van der Waals surface area contributed by atoms with E-state index in [1.165, 1.54) is 24.8 Å². The Morgan fingerprint density at radius 2 is 1.92 bits per heavy atom. The van der Waals surface area contributed by atoms with Gasteiger partial charge in [-0.2, -0.15) is 0 Å². The number of hydrogen-bond acceptors (Lipinski definition) is 3. The molecule has 1 saturated heterocycles. The number of hydrogen-bond donors (Lipinski definition) is 1. The predicted octanol–water partition coefficient (Wildman–Crippen LogP) is 2.95. The molecule has 1 fully saturated rings. The molecule has 136 valence electrons. The van der Waals surface area contributed by atoms with Crippen molar-refractivity contribution in [3.05, 3.63) is 35.9 Å². The Labute approximate surface area is 153 Å². The van der Waals surface area contributed by atoms with Crippen LogP contribution in [-0.2, 0) is 4.79 Å². The molecular weight excluding hydrogens is 322 g/mol. The molecule has 0 aromatic heterocycles. The van der Waals surface area contributed by atoms with Crippen LogP contribution in [0.1, 0.15) is 37.8 Å². The average Bonchev–Trinajstić information content (AvgIpc) is 2.60. The molecular formula is C19H32ClN3O. The van der Waals surface area contributed by atoms with E-state index >= 15 is 0 Å². The summed E-state index contributed by atoms with van der Waals surface area (Å²) in [5.41, 5.74) is 1.19. The molecule has 2 rings (SSSR count). The Kier molecular flexibility index (Phi) is 9.34. The molecule has 0 aliphatic carbocycles. The molecule has 0 saturated carbocycles. The van der Waals surface area contributed by atoms with Crippen molar-refractivity contribution in [2.45, 2.75) is 32.2 Å². The zero-order valence-corrected chi connectivity index (χ0v) is 16.0. The summed E-state index contributed by atoms with van der Waals surface area (Å²) in [5, 5.41) is 3.23. The first-order valence-electron chi connectivity index (χ1n) is 8.79. The monoisotopic (exact) mass is 353 g/mol. The third-order valence-electron chi connectivity index (χ3n) is 5.12. The number of rotatable bonds is 7. The first-order chi connectivity index (χ1) is 11.1. The molecule has 1 heterocycles. The second-order valence-corrected chi connectivity index (χ2v) is 6.70. The third kappa shape index (κ3) is 6.08. The van der Waals surface area contributed by atoms with E-state index in [9.17, 15) is 4.79 Å². The Morgan fingerprint density at radius 3 is 2.50 bits per heavy atom. The maximum absolute atomic E-state index is 12.6. The molecule has 1 atom stereocenters. The lowest BCUT2D eigenvalue weighted by Crippen LogP contribution is -2.43. The van der Waals surface area contributed by atoms with Crippen molar-refractivity contribution in [2.75, 3.05) is 40.3 Å². The van der Waals surface area contributed by atoms with Gasteiger partial charge in [0.2, 0.25) is 5.91 Å². The predicted molar refractivity (Wildman–Crippen MR) is 103 cm³/mol. The first kappa shape index (κ1) is 20.9. The maximum atomic E-state index is 12.6. The van der Waals surface area contributed by atoms with E-state index in [0.717, 1.165) is 25.6 Å². The first-order valence-corrected chi connectivity index (χ1v) is 8.79. The fraction of sp³-hybridized carbons (Fsp3) is 0.632. The average molecular weight is 354 g/mol. The Balaban J connectivity index is 0.00000288. The molecule has 0 bridgehead atoms. The summed E-state index contributed by atoms with van der Waals surface area (Å²) >= 11 is 0. The summed E-state index contributed by atoms with van der Waals surface area (Å²) in [7, 11) is 3.93. The van der Waals surface area contributed by atoms with Crippen molar-refractivity contribution >= 4 is 18.3 Å². The molecule has 1 aliphatic heterocycles. The number of amides is 1. The molecule has 1 unspecified atom stereocenters. The quantitative estimate of drug-likeness (QED) is 0.818. The van der Waals surface area contributed by atoms with Crippen LogP contribution in [-0.4, -0.2) is 56.0 Å². The smallest absolute Gasteiger partial charge is 0.236 e. The van der Waals surface area contributed by atoms with Gasteiger partial charge >= 0.3 is 0 Å². The van der Waals surface area contributed by atoms with Crippen LogP contribution in [0.15, 0.2) is 30.3 Å². The highest BCUT2D eigenvalue weighted by Crippen LogP contribution is 2.21. The number of piperidine rings is 1. The van der Waals surface area contributed by atoms with E-state index in [0.29, 0.717) is 6.54 Å². The lowest BCUT2D eigenvalue weighted by molar-refractivity contribution is -0.133. The lowest BCUT2D eigenvalue weighted by Gasteiger charge is -2.33. The molecule has 1 aliphatic rings. The number of nitrogens with one attached hydrogen (secondary N) is 1. The van der Waals surface area contributed by atoms with Gasteiger partial charge in [-0.25, -0.2) is 0 Å². The number of benzene rings is 1. The third-order valence-corrected chi connectivity index (χ3v) is 5.12. The van der Waals surface area contributed by atoms with E-state index in [-0.39, 0.29) is 24.4 Å². The minimum Gasteiger partial charge on any atom is -0.338 e. The van der Waals surface area contributed by atoms with Crippen molar-refractivity contribution in [2.24, 2.45) is 5.92 Å². The number of nitrogens with zero attached hydrogens (tertiary/aromatic N) is 2. The van der Waals surface area contributed by atoms with Gasteiger partial charge in [-0.1, -0.05) is 30.3 Å². The zero-order chi connectivity index (χ0) is 16.7. The number of halogens is 1. The highest BCUT2D eigenvalue weighted by molar-refractivity contribution is 5.85. The summed E-state index contributed by atoms with van der Waals surface area (Å²) in [6.45, 7) is 5.84. The van der Waals surface area contributed by atoms with Gasteiger partial charge in [0.1, 0.15) is 0 Å². The summed E-state index contributed by atoms with van der Waals surface area (Å²) in [5.74, 6) is 1.03. The minimum atomic E-state index is 0. The van der Waals surface area contributed by atoms with Crippen LogP contribution in [0.3, 0.4) is 0 Å². The summed E-state index contributed by atoms with van der Waals surface area (Å²) in [6.07, 6.45) is 3.68. The Hall–Kier alpha value is -1.10. The molecule has 24 heavy (non-hydrogen) atoms. The van der Waals surface area contributed by atoms with Gasteiger partial charge < -0.3 is 10.2 Å². The van der Waals surface area contributed by atoms with Crippen molar-refractivity contribution in [3.63, 3.8) is 0 Å². The van der Waals surface area contributed by atoms with Gasteiger partial charge in [0, 0.05) is 7.05 Å². The van der Waals surface area contributed by atoms with E-state index < -0.39 is 0 Å². The molecule has 5 heteroatoms. The standard InChI is InChI=1S/C19H31N3O.ClH/c1-16(18-7-5-4-6-8-18)21(3)19(23)15-22-13-10-17(11-14-22)9-12-20-2;/h4-8,16-17,20H,9-15H2,1-3H3;1H. The molecule has 1 N–H and O–H groups in total. The van der Waals surface area contributed by atoms with E-state index in [1.807, 2.05) is 37.2 Å². The van der Waals surface area contributed by atoms with Gasteiger partial charge in [0.15, 0.2) is 0 Å². The Morgan fingerprint density at radius 1 is 1.29 bits per heavy atom. The molecule has 0 radical (unpaired) electrons. The topological polar surface area (TPSA) is 35.6 Å². The normalized spacial score (nSPS) is 17.1. The maximum Gasteiger partial charge on any atom is 0.236 e. The van der Waals surface area contributed by atoms with Gasteiger partial charge in [-0.3, -0.25) is 9.69 Å². The van der Waals surface area contributed by atoms with E-state index in [1.54, 1.807) is 0 Å². The van der Waals surface area contributed by atoms with E-state index in [2.05, 4.69) is 29.3 Å². The van der Waals surface area contributed by atoms with Crippen LogP contribution in [0.2, 0.25) is 0 Å². The summed E-state index contributed by atoms with van der Waals surface area (Å²) in [6, 6.07) is 10.4. The Bertz CT molecular complexity index is 475. The van der Waals surface area contributed by atoms with Crippen molar-refractivity contribution in [1.29, 1.82) is 0 Å². The highest BCUT2D eigenvalue weighted by Gasteiger charge is 2.23. The zero-order valence-electron chi connectivity index (χ0n) is 15.2. The van der Waals surface area contributed by atoms with Gasteiger partial charge in [-0.15, -0.1) is 12.4 Å². The van der Waals surface area contributed by atoms with Gasteiger partial charge in [0.25, 0.3) is 0 Å². The van der Waals surface area contributed by atoms with Crippen molar-refractivity contribution in [3.8, 4) is 0 Å². The largest absolute Gasteiger partial charge is 0.338 e. The number of likely N-dealkylation sites (tertiary alicyclic amines) is 1. The minimum absolute atomic E-state index is 0. The molecule has 4 nitrogen and oxygen atoms in total.